The molecule has 0 saturated carbocycles. The Morgan fingerprint density at radius 1 is 1.39 bits per heavy atom. The summed E-state index contributed by atoms with van der Waals surface area (Å²) in [5.74, 6) is 1.40. The molecule has 0 radical (unpaired) electrons. The average Bonchev–Trinajstić information content (AvgIpc) is 3.20. The first-order chi connectivity index (χ1) is 11.0. The number of nitrogens with one attached hydrogen (secondary N) is 1. The van der Waals surface area contributed by atoms with Crippen molar-refractivity contribution in [3.05, 3.63) is 34.7 Å². The highest BCUT2D eigenvalue weighted by molar-refractivity contribution is 5.96. The maximum absolute atomic E-state index is 12.9. The standard InChI is InChI=1S/C17H25N5O/c1-5-7-22-13(4)15(12(3)20-22)17(23)21-8-6-14(10-21)16-18-9-11(2)19-16/h9,14H,5-8,10H2,1-4H3,(H,18,19). The molecule has 3 heterocycles. The van der Waals surface area contributed by atoms with E-state index in [1.165, 1.54) is 0 Å². The molecule has 23 heavy (non-hydrogen) atoms. The Hall–Kier alpha value is -2.11. The van der Waals surface area contributed by atoms with Crippen molar-refractivity contribution in [2.24, 2.45) is 0 Å². The lowest BCUT2D eigenvalue weighted by atomic mass is 10.1. The number of aryl methyl sites for hydroxylation is 3. The molecule has 1 unspecified atom stereocenters. The van der Waals surface area contributed by atoms with Crippen molar-refractivity contribution < 1.29 is 4.79 Å². The van der Waals surface area contributed by atoms with Gasteiger partial charge in [-0.2, -0.15) is 5.10 Å². The Morgan fingerprint density at radius 2 is 2.17 bits per heavy atom. The maximum Gasteiger partial charge on any atom is 0.257 e. The smallest absolute Gasteiger partial charge is 0.257 e. The van der Waals surface area contributed by atoms with Gasteiger partial charge in [0.2, 0.25) is 0 Å². The van der Waals surface area contributed by atoms with Gasteiger partial charge in [0, 0.05) is 43.1 Å². The molecule has 124 valence electrons. The Morgan fingerprint density at radius 3 is 2.83 bits per heavy atom. The molecule has 6 nitrogen and oxygen atoms in total. The third-order valence-corrected chi connectivity index (χ3v) is 4.62. The van der Waals surface area contributed by atoms with E-state index in [-0.39, 0.29) is 5.91 Å². The largest absolute Gasteiger partial charge is 0.346 e. The Labute approximate surface area is 136 Å². The van der Waals surface area contributed by atoms with E-state index in [2.05, 4.69) is 22.0 Å². The number of amides is 1. The van der Waals surface area contributed by atoms with E-state index >= 15 is 0 Å². The molecule has 0 spiro atoms. The van der Waals surface area contributed by atoms with Crippen LogP contribution in [0.15, 0.2) is 6.20 Å². The van der Waals surface area contributed by atoms with Gasteiger partial charge in [0.25, 0.3) is 5.91 Å². The number of carbonyl (C=O) groups is 1. The lowest BCUT2D eigenvalue weighted by Crippen LogP contribution is -2.29. The quantitative estimate of drug-likeness (QED) is 0.943. The minimum Gasteiger partial charge on any atom is -0.346 e. The van der Waals surface area contributed by atoms with Gasteiger partial charge >= 0.3 is 0 Å². The topological polar surface area (TPSA) is 66.8 Å². The molecule has 0 aromatic carbocycles. The Bertz CT molecular complexity index is 715. The van der Waals surface area contributed by atoms with Gasteiger partial charge in [-0.15, -0.1) is 0 Å². The minimum absolute atomic E-state index is 0.105. The van der Waals surface area contributed by atoms with Gasteiger partial charge in [0.15, 0.2) is 0 Å². The number of likely N-dealkylation sites (tertiary alicyclic amines) is 1. The number of carbonyl (C=O) groups excluding carboxylic acids is 1. The average molecular weight is 315 g/mol. The highest BCUT2D eigenvalue weighted by Crippen LogP contribution is 2.27. The van der Waals surface area contributed by atoms with Crippen LogP contribution in [0.4, 0.5) is 0 Å². The van der Waals surface area contributed by atoms with Crippen LogP contribution < -0.4 is 0 Å². The molecule has 1 saturated heterocycles. The van der Waals surface area contributed by atoms with E-state index in [0.29, 0.717) is 5.92 Å². The van der Waals surface area contributed by atoms with Gasteiger partial charge in [-0.3, -0.25) is 9.48 Å². The molecule has 6 heteroatoms. The van der Waals surface area contributed by atoms with E-state index in [1.54, 1.807) is 0 Å². The highest BCUT2D eigenvalue weighted by Gasteiger charge is 2.32. The summed E-state index contributed by atoms with van der Waals surface area (Å²) in [5.41, 5.74) is 3.65. The fourth-order valence-electron chi connectivity index (χ4n) is 3.40. The van der Waals surface area contributed by atoms with Gasteiger partial charge in [0.05, 0.1) is 11.3 Å². The second kappa shape index (κ2) is 6.18. The van der Waals surface area contributed by atoms with Crippen LogP contribution >= 0.6 is 0 Å². The van der Waals surface area contributed by atoms with Crippen molar-refractivity contribution in [3.8, 4) is 0 Å². The van der Waals surface area contributed by atoms with Crippen molar-refractivity contribution in [2.75, 3.05) is 13.1 Å². The number of nitrogens with zero attached hydrogens (tertiary/aromatic N) is 4. The van der Waals surface area contributed by atoms with Crippen LogP contribution in [0.1, 0.15) is 58.9 Å². The van der Waals surface area contributed by atoms with Crippen LogP contribution in [0.25, 0.3) is 0 Å². The number of H-pyrrole nitrogens is 1. The number of imidazole rings is 1. The lowest BCUT2D eigenvalue weighted by Gasteiger charge is -2.16. The predicted molar refractivity (Wildman–Crippen MR) is 88.6 cm³/mol. The van der Waals surface area contributed by atoms with Gasteiger partial charge in [-0.05, 0) is 33.6 Å². The zero-order valence-electron chi connectivity index (χ0n) is 14.4. The summed E-state index contributed by atoms with van der Waals surface area (Å²) in [6.07, 6.45) is 3.82. The zero-order valence-corrected chi connectivity index (χ0v) is 14.4. The first kappa shape index (κ1) is 15.8. The van der Waals surface area contributed by atoms with E-state index in [0.717, 1.165) is 60.9 Å². The van der Waals surface area contributed by atoms with Crippen LogP contribution in [-0.2, 0) is 6.54 Å². The zero-order chi connectivity index (χ0) is 16.6. The number of hydrogen-bond acceptors (Lipinski definition) is 3. The summed E-state index contributed by atoms with van der Waals surface area (Å²) in [6.45, 7) is 10.4. The molecule has 3 rings (SSSR count). The molecular formula is C17H25N5O. The van der Waals surface area contributed by atoms with Crippen molar-refractivity contribution in [1.82, 2.24) is 24.6 Å². The number of aromatic amines is 1. The number of hydrogen-bond donors (Lipinski definition) is 1. The lowest BCUT2D eigenvalue weighted by molar-refractivity contribution is 0.0789. The van der Waals surface area contributed by atoms with E-state index in [1.807, 2.05) is 36.5 Å². The minimum atomic E-state index is 0.105. The molecule has 1 amide bonds. The summed E-state index contributed by atoms with van der Waals surface area (Å²) in [6, 6.07) is 0. The van der Waals surface area contributed by atoms with Gasteiger partial charge in [-0.25, -0.2) is 4.98 Å². The number of aromatic nitrogens is 4. The maximum atomic E-state index is 12.9. The fraction of sp³-hybridized carbons (Fsp3) is 0.588. The highest BCUT2D eigenvalue weighted by atomic mass is 16.2. The van der Waals surface area contributed by atoms with Gasteiger partial charge < -0.3 is 9.88 Å². The summed E-state index contributed by atoms with van der Waals surface area (Å²) in [4.78, 5) is 22.6. The SMILES string of the molecule is CCCn1nc(C)c(C(=O)N2CCC(c3ncc(C)[nH]3)C2)c1C. The summed E-state index contributed by atoms with van der Waals surface area (Å²) < 4.78 is 1.95. The fourth-order valence-corrected chi connectivity index (χ4v) is 3.40. The first-order valence-corrected chi connectivity index (χ1v) is 8.36. The summed E-state index contributed by atoms with van der Waals surface area (Å²) in [7, 11) is 0. The van der Waals surface area contributed by atoms with Crippen LogP contribution in [0.3, 0.4) is 0 Å². The Kier molecular flexibility index (Phi) is 4.24. The van der Waals surface area contributed by atoms with E-state index in [9.17, 15) is 4.79 Å². The third-order valence-electron chi connectivity index (χ3n) is 4.62. The van der Waals surface area contributed by atoms with Crippen LogP contribution in [0, 0.1) is 20.8 Å². The van der Waals surface area contributed by atoms with E-state index < -0.39 is 0 Å². The normalized spacial score (nSPS) is 17.9. The van der Waals surface area contributed by atoms with E-state index in [4.69, 9.17) is 0 Å². The molecular weight excluding hydrogens is 290 g/mol. The van der Waals surface area contributed by atoms with Gasteiger partial charge in [0.1, 0.15) is 5.82 Å². The van der Waals surface area contributed by atoms with Crippen molar-refractivity contribution in [2.45, 2.75) is 53.0 Å². The molecule has 1 aliphatic heterocycles. The molecule has 1 aliphatic rings. The molecule has 0 bridgehead atoms. The molecule has 2 aromatic rings. The Balaban J connectivity index is 1.77. The number of rotatable bonds is 4. The monoisotopic (exact) mass is 315 g/mol. The second-order valence-electron chi connectivity index (χ2n) is 6.46. The molecule has 1 N–H and O–H groups in total. The predicted octanol–water partition coefficient (Wildman–Crippen LogP) is 2.57. The van der Waals surface area contributed by atoms with Crippen LogP contribution in [0.2, 0.25) is 0 Å². The summed E-state index contributed by atoms with van der Waals surface area (Å²) >= 11 is 0. The second-order valence-corrected chi connectivity index (χ2v) is 6.46. The van der Waals surface area contributed by atoms with Crippen molar-refractivity contribution in [3.63, 3.8) is 0 Å². The third kappa shape index (κ3) is 2.90. The van der Waals surface area contributed by atoms with Crippen LogP contribution in [-0.4, -0.2) is 43.6 Å². The van der Waals surface area contributed by atoms with Gasteiger partial charge in [-0.1, -0.05) is 6.92 Å². The molecule has 0 aliphatic carbocycles. The molecule has 1 atom stereocenters. The van der Waals surface area contributed by atoms with Crippen molar-refractivity contribution in [1.29, 1.82) is 0 Å². The van der Waals surface area contributed by atoms with Crippen molar-refractivity contribution >= 4 is 5.91 Å². The summed E-state index contributed by atoms with van der Waals surface area (Å²) in [5, 5.41) is 4.52. The van der Waals surface area contributed by atoms with Crippen LogP contribution in [0.5, 0.6) is 0 Å². The first-order valence-electron chi connectivity index (χ1n) is 8.36. The molecule has 1 fully saturated rings. The molecule has 2 aromatic heterocycles.